The molecule has 1 saturated heterocycles. The highest BCUT2D eigenvalue weighted by Gasteiger charge is 2.21. The van der Waals surface area contributed by atoms with Gasteiger partial charge >= 0.3 is 11.8 Å². The molecule has 1 aliphatic rings. The van der Waals surface area contributed by atoms with Gasteiger partial charge in [-0.15, -0.1) is 0 Å². The van der Waals surface area contributed by atoms with Crippen LogP contribution in [0, 0.1) is 0 Å². The van der Waals surface area contributed by atoms with Gasteiger partial charge in [0.15, 0.2) is 11.2 Å². The van der Waals surface area contributed by atoms with Crippen molar-refractivity contribution in [3.05, 3.63) is 45.5 Å². The van der Waals surface area contributed by atoms with Gasteiger partial charge in [0, 0.05) is 40.3 Å². The number of aromatic nitrogens is 5. The highest BCUT2D eigenvalue weighted by Crippen LogP contribution is 2.17. The molecule has 2 amide bonds. The summed E-state index contributed by atoms with van der Waals surface area (Å²) in [6.45, 7) is 1.77. The predicted octanol–water partition coefficient (Wildman–Crippen LogP) is -0.733. The number of piperazine rings is 1. The van der Waals surface area contributed by atoms with E-state index in [4.69, 9.17) is 5.11 Å². The molecule has 13 nitrogen and oxygen atoms in total. The first-order chi connectivity index (χ1) is 15.3. The quantitative estimate of drug-likeness (QED) is 0.537. The van der Waals surface area contributed by atoms with Gasteiger partial charge in [0.25, 0.3) is 5.56 Å². The molecule has 32 heavy (non-hydrogen) atoms. The minimum atomic E-state index is -0.924. The Kier molecular flexibility index (Phi) is 5.38. The molecule has 0 radical (unpaired) electrons. The molecule has 4 rings (SSSR count). The maximum Gasteiger partial charge on any atom is 0.407 e. The summed E-state index contributed by atoms with van der Waals surface area (Å²) >= 11 is 0. The molecule has 3 aromatic rings. The van der Waals surface area contributed by atoms with Crippen molar-refractivity contribution >= 4 is 34.7 Å². The van der Waals surface area contributed by atoms with Gasteiger partial charge in [0.05, 0.1) is 18.2 Å². The minimum absolute atomic E-state index is 0.161. The minimum Gasteiger partial charge on any atom is -0.465 e. The van der Waals surface area contributed by atoms with E-state index < -0.39 is 23.2 Å². The van der Waals surface area contributed by atoms with Crippen molar-refractivity contribution in [1.82, 2.24) is 28.6 Å². The Morgan fingerprint density at radius 1 is 1.06 bits per heavy atom. The van der Waals surface area contributed by atoms with E-state index in [2.05, 4.69) is 15.3 Å². The molecule has 13 heteroatoms. The Morgan fingerprint density at radius 3 is 2.41 bits per heavy atom. The normalized spacial score (nSPS) is 14.1. The van der Waals surface area contributed by atoms with E-state index in [1.165, 1.54) is 34.5 Å². The summed E-state index contributed by atoms with van der Waals surface area (Å²) in [6.07, 6.45) is 2.04. The van der Waals surface area contributed by atoms with Crippen LogP contribution in [0.15, 0.2) is 34.2 Å². The number of anilines is 2. The van der Waals surface area contributed by atoms with E-state index in [9.17, 15) is 19.2 Å². The number of nitrogens with zero attached hydrogens (tertiary/aromatic N) is 7. The number of pyridine rings is 1. The topological polar surface area (TPSA) is 148 Å². The smallest absolute Gasteiger partial charge is 0.407 e. The van der Waals surface area contributed by atoms with E-state index >= 15 is 0 Å². The van der Waals surface area contributed by atoms with Gasteiger partial charge in [-0.2, -0.15) is 0 Å². The molecule has 1 aliphatic heterocycles. The van der Waals surface area contributed by atoms with Crippen molar-refractivity contribution in [2.75, 3.05) is 36.4 Å². The molecule has 2 N–H and O–H groups in total. The fourth-order valence-electron chi connectivity index (χ4n) is 3.66. The third-order valence-corrected chi connectivity index (χ3v) is 5.46. The first kappa shape index (κ1) is 21.1. The summed E-state index contributed by atoms with van der Waals surface area (Å²) in [7, 11) is 2.88. The molecule has 0 atom stereocenters. The fourth-order valence-corrected chi connectivity index (χ4v) is 3.66. The van der Waals surface area contributed by atoms with E-state index in [0.717, 1.165) is 10.3 Å². The van der Waals surface area contributed by atoms with E-state index in [1.54, 1.807) is 18.3 Å². The number of carbonyl (C=O) groups excluding carboxylic acids is 1. The third kappa shape index (κ3) is 3.79. The highest BCUT2D eigenvalue weighted by atomic mass is 16.4. The summed E-state index contributed by atoms with van der Waals surface area (Å²) in [5.41, 5.74) is 0.174. The average Bonchev–Trinajstić information content (AvgIpc) is 3.20. The summed E-state index contributed by atoms with van der Waals surface area (Å²) in [5.74, 6) is -0.0665. The maximum absolute atomic E-state index is 12.5. The monoisotopic (exact) mass is 442 g/mol. The van der Waals surface area contributed by atoms with Gasteiger partial charge in [-0.05, 0) is 12.1 Å². The molecule has 0 aromatic carbocycles. The lowest BCUT2D eigenvalue weighted by molar-refractivity contribution is -0.116. The second-order valence-corrected chi connectivity index (χ2v) is 7.46. The number of amides is 2. The second kappa shape index (κ2) is 8.17. The van der Waals surface area contributed by atoms with Gasteiger partial charge in [-0.1, -0.05) is 0 Å². The van der Waals surface area contributed by atoms with Crippen molar-refractivity contribution in [3.63, 3.8) is 0 Å². The number of imidazole rings is 1. The molecule has 168 valence electrons. The van der Waals surface area contributed by atoms with Crippen LogP contribution in [0.5, 0.6) is 0 Å². The number of hydrogen-bond acceptors (Lipinski definition) is 7. The largest absolute Gasteiger partial charge is 0.465 e. The van der Waals surface area contributed by atoms with Crippen LogP contribution in [-0.2, 0) is 25.4 Å². The number of aryl methyl sites for hydroxylation is 1. The number of hydrogen-bond donors (Lipinski definition) is 2. The Morgan fingerprint density at radius 2 is 1.78 bits per heavy atom. The molecular weight excluding hydrogens is 420 g/mol. The third-order valence-electron chi connectivity index (χ3n) is 5.46. The lowest BCUT2D eigenvalue weighted by Crippen LogP contribution is -2.48. The molecular formula is C19H22N8O5. The number of carboxylic acid groups (broad SMARTS) is 1. The van der Waals surface area contributed by atoms with Crippen LogP contribution in [0.3, 0.4) is 0 Å². The molecule has 0 bridgehead atoms. The number of rotatable bonds is 4. The van der Waals surface area contributed by atoms with Gasteiger partial charge in [0.2, 0.25) is 5.91 Å². The Bertz CT molecular complexity index is 1300. The fraction of sp³-hybridized carbons (Fsp3) is 0.368. The lowest BCUT2D eigenvalue weighted by Gasteiger charge is -2.34. The van der Waals surface area contributed by atoms with Gasteiger partial charge in [0.1, 0.15) is 12.4 Å². The molecule has 3 aromatic heterocycles. The Balaban J connectivity index is 1.44. The number of fused-ring (bicyclic) bond motifs is 1. The van der Waals surface area contributed by atoms with Crippen LogP contribution >= 0.6 is 0 Å². The van der Waals surface area contributed by atoms with E-state index in [1.807, 2.05) is 4.90 Å². The van der Waals surface area contributed by atoms with Crippen LogP contribution in [0.4, 0.5) is 16.3 Å². The summed E-state index contributed by atoms with van der Waals surface area (Å²) < 4.78 is 3.61. The zero-order chi connectivity index (χ0) is 23.0. The number of nitrogens with one attached hydrogen (secondary N) is 1. The van der Waals surface area contributed by atoms with Crippen molar-refractivity contribution < 1.29 is 14.7 Å². The molecule has 0 unspecified atom stereocenters. The zero-order valence-corrected chi connectivity index (χ0v) is 17.6. The van der Waals surface area contributed by atoms with Gasteiger partial charge < -0.3 is 24.8 Å². The molecule has 4 heterocycles. The molecule has 1 fully saturated rings. The zero-order valence-electron chi connectivity index (χ0n) is 17.6. The Hall–Kier alpha value is -4.16. The predicted molar refractivity (Wildman–Crippen MR) is 115 cm³/mol. The van der Waals surface area contributed by atoms with Crippen molar-refractivity contribution in [2.24, 2.45) is 14.1 Å². The standard InChI is InChI=1S/C19H22N8O5/c1-23-16-15(17(29)24(2)18(23)30)27(11-21-16)10-14(28)22-13-4-3-12(9-20-13)25-5-7-26(8-6-25)19(31)32/h3-4,9,11H,5-8,10H2,1-2H3,(H,31,32)(H,20,22,28). The average molecular weight is 442 g/mol. The summed E-state index contributed by atoms with van der Waals surface area (Å²) in [4.78, 5) is 59.8. The van der Waals surface area contributed by atoms with Crippen molar-refractivity contribution in [2.45, 2.75) is 6.54 Å². The van der Waals surface area contributed by atoms with Gasteiger partial charge in [-0.25, -0.2) is 19.6 Å². The first-order valence-electron chi connectivity index (χ1n) is 9.86. The molecule has 0 aliphatic carbocycles. The SMILES string of the molecule is Cn1c(=O)c2c(ncn2CC(=O)Nc2ccc(N3CCN(C(=O)O)CC3)cn2)n(C)c1=O. The van der Waals surface area contributed by atoms with Crippen LogP contribution < -0.4 is 21.5 Å². The molecule has 0 saturated carbocycles. The highest BCUT2D eigenvalue weighted by molar-refractivity contribution is 5.90. The van der Waals surface area contributed by atoms with Crippen molar-refractivity contribution in [1.29, 1.82) is 0 Å². The Labute approximate surface area is 181 Å². The van der Waals surface area contributed by atoms with Crippen LogP contribution in [0.25, 0.3) is 11.2 Å². The van der Waals surface area contributed by atoms with Crippen molar-refractivity contribution in [3.8, 4) is 0 Å². The van der Waals surface area contributed by atoms with E-state index in [0.29, 0.717) is 32.0 Å². The summed E-state index contributed by atoms with van der Waals surface area (Å²) in [5, 5.41) is 11.7. The lowest BCUT2D eigenvalue weighted by atomic mass is 10.3. The first-order valence-corrected chi connectivity index (χ1v) is 9.86. The van der Waals surface area contributed by atoms with Gasteiger partial charge in [-0.3, -0.25) is 18.7 Å². The molecule has 0 spiro atoms. The van der Waals surface area contributed by atoms with Crippen LogP contribution in [0.2, 0.25) is 0 Å². The number of carbonyl (C=O) groups is 2. The summed E-state index contributed by atoms with van der Waals surface area (Å²) in [6, 6.07) is 3.46. The van der Waals surface area contributed by atoms with E-state index in [-0.39, 0.29) is 17.7 Å². The second-order valence-electron chi connectivity index (χ2n) is 7.46. The van der Waals surface area contributed by atoms with Crippen LogP contribution in [-0.4, -0.2) is 71.9 Å². The van der Waals surface area contributed by atoms with Crippen LogP contribution in [0.1, 0.15) is 0 Å². The maximum atomic E-state index is 12.5.